The molecule has 7 rings (SSSR count). The molecule has 2 aliphatic rings. The summed E-state index contributed by atoms with van der Waals surface area (Å²) in [6.45, 7) is 5.16. The number of fused-ring (bicyclic) bond motifs is 4. The lowest BCUT2D eigenvalue weighted by atomic mass is 9.89. The van der Waals surface area contributed by atoms with Crippen molar-refractivity contribution in [3.05, 3.63) is 94.6 Å². The molecule has 1 atom stereocenters. The first-order valence-corrected chi connectivity index (χ1v) is 15.1. The number of hydrogen-bond donors (Lipinski definition) is 1. The van der Waals surface area contributed by atoms with E-state index in [1.54, 1.807) is 0 Å². The zero-order valence-electron chi connectivity index (χ0n) is 22.8. The lowest BCUT2D eigenvalue weighted by Crippen LogP contribution is -2.50. The summed E-state index contributed by atoms with van der Waals surface area (Å²) in [5.41, 5.74) is 3.53. The van der Waals surface area contributed by atoms with Crippen molar-refractivity contribution >= 4 is 49.9 Å². The van der Waals surface area contributed by atoms with E-state index in [0.717, 1.165) is 65.3 Å². The van der Waals surface area contributed by atoms with E-state index in [0.29, 0.717) is 19.0 Å². The van der Waals surface area contributed by atoms with Crippen LogP contribution in [0.5, 0.6) is 0 Å². The van der Waals surface area contributed by atoms with Crippen molar-refractivity contribution in [3.63, 3.8) is 0 Å². The van der Waals surface area contributed by atoms with Crippen molar-refractivity contribution in [2.24, 2.45) is 5.92 Å². The van der Waals surface area contributed by atoms with Crippen LogP contribution >= 0.6 is 11.3 Å². The number of thiophene rings is 1. The van der Waals surface area contributed by atoms with Crippen molar-refractivity contribution in [1.82, 2.24) is 14.9 Å². The molecule has 3 aromatic carbocycles. The molecular weight excluding hydrogens is 514 g/mol. The molecule has 40 heavy (non-hydrogen) atoms. The van der Waals surface area contributed by atoms with E-state index >= 15 is 0 Å². The van der Waals surface area contributed by atoms with E-state index < -0.39 is 0 Å². The van der Waals surface area contributed by atoms with Gasteiger partial charge in [-0.15, -0.1) is 11.3 Å². The zero-order chi connectivity index (χ0) is 27.1. The van der Waals surface area contributed by atoms with E-state index in [1.807, 2.05) is 46.6 Å². The third kappa shape index (κ3) is 4.79. The third-order valence-corrected chi connectivity index (χ3v) is 9.43. The van der Waals surface area contributed by atoms with Crippen LogP contribution in [0.15, 0.2) is 72.8 Å². The Morgan fingerprint density at radius 2 is 1.73 bits per heavy atom. The van der Waals surface area contributed by atoms with Crippen molar-refractivity contribution in [2.75, 3.05) is 36.4 Å². The van der Waals surface area contributed by atoms with Gasteiger partial charge in [0.1, 0.15) is 16.5 Å². The van der Waals surface area contributed by atoms with Crippen LogP contribution in [-0.2, 0) is 19.3 Å². The van der Waals surface area contributed by atoms with Crippen molar-refractivity contribution in [1.29, 1.82) is 0 Å². The lowest BCUT2D eigenvalue weighted by molar-refractivity contribution is 0.208. The minimum absolute atomic E-state index is 0.0458. The average molecular weight is 548 g/mol. The lowest BCUT2D eigenvalue weighted by Gasteiger charge is -2.36. The Morgan fingerprint density at radius 1 is 0.950 bits per heavy atom. The second-order valence-corrected chi connectivity index (χ2v) is 12.2. The summed E-state index contributed by atoms with van der Waals surface area (Å²) in [5, 5.41) is 6.59. The smallest absolute Gasteiger partial charge is 0.321 e. The number of hydrogen-bond acceptors (Lipinski definition) is 5. The number of carbonyl (C=O) groups is 1. The summed E-state index contributed by atoms with van der Waals surface area (Å²) in [5.74, 6) is 2.64. The number of nitrogens with zero attached hydrogens (tertiary/aromatic N) is 4. The number of benzene rings is 3. The Kier molecular flexibility index (Phi) is 6.60. The number of piperazine rings is 1. The third-order valence-electron chi connectivity index (χ3n) is 8.28. The molecule has 0 bridgehead atoms. The fraction of sp³-hybridized carbons (Fsp3) is 0.303. The molecule has 2 aromatic heterocycles. The SMILES string of the molecule is CC1CCc2c(sc3nc(Cc4ccccc4)nc(N4CCN(C(=O)Nc5cccc6ccccc56)CC4)c23)C1. The van der Waals surface area contributed by atoms with Gasteiger partial charge in [0.15, 0.2) is 0 Å². The molecule has 6 nitrogen and oxygen atoms in total. The Bertz CT molecular complexity index is 1680. The number of rotatable bonds is 4. The van der Waals surface area contributed by atoms with E-state index in [-0.39, 0.29) is 6.03 Å². The number of carbonyl (C=O) groups excluding carboxylic acids is 1. The van der Waals surface area contributed by atoms with Crippen LogP contribution < -0.4 is 10.2 Å². The number of amides is 2. The van der Waals surface area contributed by atoms with Gasteiger partial charge in [-0.25, -0.2) is 14.8 Å². The van der Waals surface area contributed by atoms with E-state index in [4.69, 9.17) is 9.97 Å². The van der Waals surface area contributed by atoms with Gasteiger partial charge in [0, 0.05) is 42.9 Å². The molecule has 1 aliphatic heterocycles. The summed E-state index contributed by atoms with van der Waals surface area (Å²) in [7, 11) is 0. The van der Waals surface area contributed by atoms with E-state index in [2.05, 4.69) is 59.6 Å². The summed E-state index contributed by atoms with van der Waals surface area (Å²) >= 11 is 1.86. The number of anilines is 2. The van der Waals surface area contributed by atoms with Gasteiger partial charge >= 0.3 is 6.03 Å². The van der Waals surface area contributed by atoms with Crippen LogP contribution in [-0.4, -0.2) is 47.1 Å². The van der Waals surface area contributed by atoms with E-state index in [1.165, 1.54) is 27.8 Å². The molecule has 202 valence electrons. The number of urea groups is 1. The standard InChI is InChI=1S/C33H33N5OS/c1-22-14-15-26-28(20-22)40-32-30(26)31(35-29(36-32)21-23-8-3-2-4-9-23)37-16-18-38(19-17-37)33(39)34-27-13-7-11-24-10-5-6-12-25(24)27/h2-13,22H,14-21H2,1H3,(H,34,39). The Balaban J connectivity index is 1.15. The molecule has 1 unspecified atom stereocenters. The van der Waals surface area contributed by atoms with Crippen LogP contribution in [0.25, 0.3) is 21.0 Å². The number of aromatic nitrogens is 2. The van der Waals surface area contributed by atoms with Crippen molar-refractivity contribution in [2.45, 2.75) is 32.6 Å². The van der Waals surface area contributed by atoms with Gasteiger partial charge < -0.3 is 15.1 Å². The second kappa shape index (κ2) is 10.5. The number of nitrogens with one attached hydrogen (secondary N) is 1. The maximum absolute atomic E-state index is 13.3. The maximum atomic E-state index is 13.3. The van der Waals surface area contributed by atoms with Crippen molar-refractivity contribution < 1.29 is 4.79 Å². The molecule has 5 aromatic rings. The highest BCUT2D eigenvalue weighted by molar-refractivity contribution is 7.19. The highest BCUT2D eigenvalue weighted by Gasteiger charge is 2.29. The predicted molar refractivity (Wildman–Crippen MR) is 165 cm³/mol. The topological polar surface area (TPSA) is 61.4 Å². The molecular formula is C33H33N5OS. The molecule has 0 radical (unpaired) electrons. The minimum atomic E-state index is -0.0458. The normalized spacial score (nSPS) is 17.3. The van der Waals surface area contributed by atoms with Crippen LogP contribution in [0.3, 0.4) is 0 Å². The summed E-state index contributed by atoms with van der Waals surface area (Å²) in [6, 6.07) is 24.6. The Labute approximate surface area is 238 Å². The second-order valence-electron chi connectivity index (χ2n) is 11.1. The maximum Gasteiger partial charge on any atom is 0.321 e. The van der Waals surface area contributed by atoms with Gasteiger partial charge in [-0.1, -0.05) is 73.7 Å². The molecule has 3 heterocycles. The Hall–Kier alpha value is -3.97. The first-order chi connectivity index (χ1) is 19.6. The number of aryl methyl sites for hydroxylation is 1. The minimum Gasteiger partial charge on any atom is -0.352 e. The van der Waals surface area contributed by atoms with E-state index in [9.17, 15) is 4.79 Å². The summed E-state index contributed by atoms with van der Waals surface area (Å²) < 4.78 is 0. The van der Waals surface area contributed by atoms with Gasteiger partial charge in [-0.05, 0) is 47.8 Å². The largest absolute Gasteiger partial charge is 0.352 e. The summed E-state index contributed by atoms with van der Waals surface area (Å²) in [4.78, 5) is 30.4. The molecule has 1 fully saturated rings. The van der Waals surface area contributed by atoms with Gasteiger partial charge in [-0.3, -0.25) is 0 Å². The average Bonchev–Trinajstić information content (AvgIpc) is 3.35. The molecule has 1 N–H and O–H groups in total. The fourth-order valence-corrected chi connectivity index (χ4v) is 7.50. The first-order valence-electron chi connectivity index (χ1n) is 14.3. The molecule has 0 spiro atoms. The van der Waals surface area contributed by atoms with Gasteiger partial charge in [0.2, 0.25) is 0 Å². The monoisotopic (exact) mass is 547 g/mol. The van der Waals surface area contributed by atoms with Gasteiger partial charge in [-0.2, -0.15) is 0 Å². The highest BCUT2D eigenvalue weighted by Crippen LogP contribution is 2.41. The van der Waals surface area contributed by atoms with Gasteiger partial charge in [0.25, 0.3) is 0 Å². The quantitative estimate of drug-likeness (QED) is 0.265. The summed E-state index contributed by atoms with van der Waals surface area (Å²) in [6.07, 6.45) is 4.16. The highest BCUT2D eigenvalue weighted by atomic mass is 32.1. The predicted octanol–water partition coefficient (Wildman–Crippen LogP) is 6.91. The first kappa shape index (κ1) is 25.0. The molecule has 7 heteroatoms. The molecule has 2 amide bonds. The van der Waals surface area contributed by atoms with Crippen LogP contribution in [0, 0.1) is 5.92 Å². The van der Waals surface area contributed by atoms with Crippen LogP contribution in [0.2, 0.25) is 0 Å². The molecule has 0 saturated carbocycles. The van der Waals surface area contributed by atoms with Gasteiger partial charge in [0.05, 0.1) is 11.1 Å². The van der Waals surface area contributed by atoms with Crippen LogP contribution in [0.1, 0.15) is 35.2 Å². The Morgan fingerprint density at radius 3 is 2.58 bits per heavy atom. The molecule has 1 saturated heterocycles. The molecule has 1 aliphatic carbocycles. The van der Waals surface area contributed by atoms with Crippen LogP contribution in [0.4, 0.5) is 16.3 Å². The fourth-order valence-electron chi connectivity index (χ4n) is 6.10. The zero-order valence-corrected chi connectivity index (χ0v) is 23.6. The van der Waals surface area contributed by atoms with Crippen molar-refractivity contribution in [3.8, 4) is 0 Å².